The van der Waals surface area contributed by atoms with Crippen LogP contribution in [0.1, 0.15) is 62.4 Å². The van der Waals surface area contributed by atoms with Crippen LogP contribution in [0.25, 0.3) is 16.6 Å². The summed E-state index contributed by atoms with van der Waals surface area (Å²) in [5.41, 5.74) is 5.80. The molecule has 0 bridgehead atoms. The molecule has 1 amide bonds. The number of nitro benzene ring substituents is 1. The van der Waals surface area contributed by atoms with E-state index in [9.17, 15) is 23.3 Å². The predicted octanol–water partition coefficient (Wildman–Crippen LogP) is 8.43. The molecule has 1 saturated carbocycles. The molecule has 2 saturated heterocycles. The number of piperazine rings is 1. The summed E-state index contributed by atoms with van der Waals surface area (Å²) in [5, 5.41) is 16.6. The Labute approximate surface area is 377 Å². The van der Waals surface area contributed by atoms with Crippen LogP contribution in [0, 0.1) is 20.9 Å². The number of nitro groups is 1. The maximum atomic E-state index is 14.0. The fraction of sp³-hybridized carbons (Fsp3) is 0.404. The first-order valence-corrected chi connectivity index (χ1v) is 23.5. The molecule has 2 aliphatic carbocycles. The molecule has 9 rings (SSSR count). The number of pyridine rings is 1. The van der Waals surface area contributed by atoms with Gasteiger partial charge in [0.15, 0.2) is 0 Å². The topological polar surface area (TPSA) is 181 Å². The Balaban J connectivity index is 0.949. The number of carbonyl (C=O) groups excluding carboxylic acids is 1. The lowest BCUT2D eigenvalue weighted by molar-refractivity contribution is -0.384. The molecule has 1 spiro atoms. The molecule has 3 fully saturated rings. The lowest BCUT2D eigenvalue weighted by Gasteiger charge is -2.45. The number of anilines is 2. The normalized spacial score (nSPS) is 20.9. The number of carbonyl (C=O) groups is 1. The van der Waals surface area contributed by atoms with Crippen LogP contribution in [-0.4, -0.2) is 98.8 Å². The molecular formula is C47H52ClN7O8S. The highest BCUT2D eigenvalue weighted by Gasteiger charge is 2.56. The number of rotatable bonds is 13. The molecule has 2 atom stereocenters. The van der Waals surface area contributed by atoms with Crippen LogP contribution in [0.4, 0.5) is 17.1 Å². The molecule has 4 heterocycles. The lowest BCUT2D eigenvalue weighted by Crippen LogP contribution is -2.52. The van der Waals surface area contributed by atoms with Crippen LogP contribution in [0.2, 0.25) is 5.02 Å². The highest BCUT2D eigenvalue weighted by molar-refractivity contribution is 7.90. The third kappa shape index (κ3) is 9.07. The first-order valence-electron chi connectivity index (χ1n) is 21.7. The first-order chi connectivity index (χ1) is 30.7. The van der Waals surface area contributed by atoms with E-state index in [-0.39, 0.29) is 41.1 Å². The van der Waals surface area contributed by atoms with Gasteiger partial charge in [-0.2, -0.15) is 0 Å². The van der Waals surface area contributed by atoms with Crippen molar-refractivity contribution >= 4 is 61.2 Å². The highest BCUT2D eigenvalue weighted by atomic mass is 35.5. The fourth-order valence-corrected chi connectivity index (χ4v) is 10.6. The van der Waals surface area contributed by atoms with E-state index in [0.717, 1.165) is 48.1 Å². The van der Waals surface area contributed by atoms with Gasteiger partial charge >= 0.3 is 0 Å². The Morgan fingerprint density at radius 2 is 1.86 bits per heavy atom. The Morgan fingerprint density at radius 1 is 1.05 bits per heavy atom. The lowest BCUT2D eigenvalue weighted by atomic mass is 9.63. The highest BCUT2D eigenvalue weighted by Crippen LogP contribution is 2.67. The number of hydrogen-bond acceptors (Lipinski definition) is 12. The second kappa shape index (κ2) is 17.5. The van der Waals surface area contributed by atoms with E-state index in [4.69, 9.17) is 25.8 Å². The maximum absolute atomic E-state index is 14.0. The maximum Gasteiger partial charge on any atom is 0.293 e. The largest absolute Gasteiger partial charge is 0.455 e. The molecule has 0 radical (unpaired) electrons. The molecule has 336 valence electrons. The molecule has 17 heteroatoms. The van der Waals surface area contributed by atoms with Crippen LogP contribution >= 0.6 is 11.6 Å². The third-order valence-electron chi connectivity index (χ3n) is 13.5. The number of allylic oxidation sites excluding steroid dienone is 1. The summed E-state index contributed by atoms with van der Waals surface area (Å²) in [4.78, 5) is 37.2. The summed E-state index contributed by atoms with van der Waals surface area (Å²) < 4.78 is 46.9. The quantitative estimate of drug-likeness (QED) is 0.0759. The summed E-state index contributed by atoms with van der Waals surface area (Å²) in [5.74, 6) is -0.505. The molecule has 5 aromatic rings. The standard InChI is InChI=1S/C47H52ClN7O8S/c1-30-27-54(17-16-53(30)28-33-23-47(13-14-47)46(2,3)24-40(33)31-4-6-34(48)7-5-31)35-8-10-39(43(21-35)63-36-20-32-12-15-49-44(32)51-25-36)45(56)52-64(59,60)38-9-11-41(42(22-38)55(57)58)50-26-37-29-61-18-19-62-37/h4-12,15,20-22,25,30,37,50H,13-14,16-19,23-24,26-29H2,1-3H3,(H,49,51)(H,52,56)/t30-,37?/m1/s1. The van der Waals surface area contributed by atoms with Crippen LogP contribution in [0.3, 0.4) is 0 Å². The van der Waals surface area contributed by atoms with Gasteiger partial charge < -0.3 is 29.4 Å². The average molecular weight is 910 g/mol. The summed E-state index contributed by atoms with van der Waals surface area (Å²) in [6.07, 6.45) is 7.62. The van der Waals surface area contributed by atoms with Gasteiger partial charge in [-0.15, -0.1) is 0 Å². The molecule has 3 aromatic carbocycles. The van der Waals surface area contributed by atoms with Gasteiger partial charge in [0.25, 0.3) is 21.6 Å². The van der Waals surface area contributed by atoms with Crippen LogP contribution in [0.5, 0.6) is 11.5 Å². The van der Waals surface area contributed by atoms with Crippen LogP contribution in [-0.2, 0) is 19.5 Å². The van der Waals surface area contributed by atoms with Crippen molar-refractivity contribution in [2.24, 2.45) is 10.8 Å². The van der Waals surface area contributed by atoms with Gasteiger partial charge in [0, 0.05) is 73.2 Å². The molecule has 3 N–H and O–H groups in total. The number of amides is 1. The van der Waals surface area contributed by atoms with Crippen molar-refractivity contribution in [3.8, 4) is 11.5 Å². The summed E-state index contributed by atoms with van der Waals surface area (Å²) in [7, 11) is -4.59. The van der Waals surface area contributed by atoms with Crippen molar-refractivity contribution in [1.29, 1.82) is 0 Å². The van der Waals surface area contributed by atoms with Gasteiger partial charge in [-0.3, -0.25) is 19.8 Å². The van der Waals surface area contributed by atoms with Crippen molar-refractivity contribution in [2.45, 2.75) is 63.5 Å². The molecule has 2 aliphatic heterocycles. The van der Waals surface area contributed by atoms with E-state index in [1.165, 1.54) is 47.9 Å². The predicted molar refractivity (Wildman–Crippen MR) is 246 cm³/mol. The number of H-pyrrole nitrogens is 1. The molecular weight excluding hydrogens is 858 g/mol. The Kier molecular flexibility index (Phi) is 11.9. The summed E-state index contributed by atoms with van der Waals surface area (Å²) in [6.45, 7) is 11.6. The monoisotopic (exact) mass is 909 g/mol. The van der Waals surface area contributed by atoms with E-state index in [0.29, 0.717) is 49.7 Å². The SMILES string of the molecule is C[C@@H]1CN(c2ccc(C(=O)NS(=O)(=O)c3ccc(NCC4COCCO4)c([N+](=O)[O-])c3)c(Oc3cnc4[nH]ccc4c3)c2)CCN1CC1=C(c2ccc(Cl)cc2)CC(C)(C)C2(CC2)C1. The minimum atomic E-state index is -4.59. The number of benzene rings is 3. The second-order valence-electron chi connectivity index (χ2n) is 18.1. The van der Waals surface area contributed by atoms with Gasteiger partial charge in [0.2, 0.25) is 0 Å². The van der Waals surface area contributed by atoms with Crippen molar-refractivity contribution in [1.82, 2.24) is 19.6 Å². The van der Waals surface area contributed by atoms with Crippen molar-refractivity contribution in [3.63, 3.8) is 0 Å². The van der Waals surface area contributed by atoms with Crippen LogP contribution < -0.4 is 19.7 Å². The zero-order chi connectivity index (χ0) is 44.8. The molecule has 2 aromatic heterocycles. The molecule has 64 heavy (non-hydrogen) atoms. The van der Waals surface area contributed by atoms with Crippen molar-refractivity contribution in [2.75, 3.05) is 62.8 Å². The number of fused-ring (bicyclic) bond motifs is 1. The Hall–Kier alpha value is -5.52. The van der Waals surface area contributed by atoms with Crippen molar-refractivity contribution in [3.05, 3.63) is 117 Å². The first kappa shape index (κ1) is 43.7. The summed E-state index contributed by atoms with van der Waals surface area (Å²) >= 11 is 6.31. The van der Waals surface area contributed by atoms with Gasteiger partial charge in [-0.1, -0.05) is 43.2 Å². The Bertz CT molecular complexity index is 2730. The van der Waals surface area contributed by atoms with Gasteiger partial charge in [-0.05, 0) is 103 Å². The number of aromatic nitrogens is 2. The molecule has 1 unspecified atom stereocenters. The smallest absolute Gasteiger partial charge is 0.293 e. The number of nitrogens with one attached hydrogen (secondary N) is 3. The zero-order valence-electron chi connectivity index (χ0n) is 36.1. The van der Waals surface area contributed by atoms with Gasteiger partial charge in [-0.25, -0.2) is 18.1 Å². The molecule has 15 nitrogen and oxygen atoms in total. The van der Waals surface area contributed by atoms with E-state index in [1.807, 2.05) is 18.2 Å². The molecule has 4 aliphatic rings. The third-order valence-corrected chi connectivity index (χ3v) is 15.1. The minimum Gasteiger partial charge on any atom is -0.455 e. The number of aromatic amines is 1. The fourth-order valence-electron chi connectivity index (χ4n) is 9.51. The summed E-state index contributed by atoms with van der Waals surface area (Å²) in [6, 6.07) is 20.6. The van der Waals surface area contributed by atoms with Gasteiger partial charge in [0.05, 0.1) is 47.5 Å². The number of halogens is 1. The number of sulfonamides is 1. The second-order valence-corrected chi connectivity index (χ2v) is 20.2. The van der Waals surface area contributed by atoms with Crippen molar-refractivity contribution < 1.29 is 32.3 Å². The van der Waals surface area contributed by atoms with Gasteiger partial charge in [0.1, 0.15) is 22.8 Å². The average Bonchev–Trinajstić information content (AvgIpc) is 3.92. The van der Waals surface area contributed by atoms with E-state index in [2.05, 4.69) is 62.7 Å². The minimum absolute atomic E-state index is 0.0495. The van der Waals surface area contributed by atoms with E-state index >= 15 is 0 Å². The number of ether oxygens (including phenoxy) is 3. The van der Waals surface area contributed by atoms with E-state index < -0.39 is 31.4 Å². The zero-order valence-corrected chi connectivity index (χ0v) is 37.6. The van der Waals surface area contributed by atoms with Crippen LogP contribution in [0.15, 0.2) is 95.7 Å². The van der Waals surface area contributed by atoms with E-state index in [1.54, 1.807) is 30.5 Å². The number of nitrogens with zero attached hydrogens (tertiary/aromatic N) is 4. The Morgan fingerprint density at radius 3 is 2.59 bits per heavy atom. The number of hydrogen-bond donors (Lipinski definition) is 3.